The van der Waals surface area contributed by atoms with Crippen LogP contribution in [0, 0.1) is 0 Å². The summed E-state index contributed by atoms with van der Waals surface area (Å²) >= 11 is 0. The number of carbonyl (C=O) groups excluding carboxylic acids is 2. The van der Waals surface area contributed by atoms with Gasteiger partial charge in [-0.15, -0.1) is 0 Å². The van der Waals surface area contributed by atoms with E-state index in [0.29, 0.717) is 18.8 Å². The van der Waals surface area contributed by atoms with Crippen molar-refractivity contribution in [3.63, 3.8) is 0 Å². The third-order valence-electron chi connectivity index (χ3n) is 4.44. The molecule has 0 unspecified atom stereocenters. The monoisotopic (exact) mass is 302 g/mol. The lowest BCUT2D eigenvalue weighted by Gasteiger charge is -2.28. The molecule has 1 heterocycles. The van der Waals surface area contributed by atoms with Crippen molar-refractivity contribution < 1.29 is 9.59 Å². The summed E-state index contributed by atoms with van der Waals surface area (Å²) in [6.07, 6.45) is 4.37. The molecule has 1 aliphatic carbocycles. The second-order valence-electron chi connectivity index (χ2n) is 6.10. The number of hydrogen-bond donors (Lipinski definition) is 3. The minimum atomic E-state index is -0.751. The van der Waals surface area contributed by atoms with Crippen LogP contribution < -0.4 is 21.3 Å². The van der Waals surface area contributed by atoms with Crippen LogP contribution in [-0.4, -0.2) is 30.6 Å². The predicted octanol–water partition coefficient (Wildman–Crippen LogP) is 1.82. The van der Waals surface area contributed by atoms with Gasteiger partial charge in [0.25, 0.3) is 0 Å². The van der Waals surface area contributed by atoms with E-state index in [4.69, 9.17) is 5.73 Å². The highest BCUT2D eigenvalue weighted by molar-refractivity contribution is 5.99. The Hall–Kier alpha value is -2.08. The van der Waals surface area contributed by atoms with Crippen molar-refractivity contribution in [2.24, 2.45) is 5.73 Å². The molecule has 1 saturated heterocycles. The zero-order chi connectivity index (χ0) is 15.6. The van der Waals surface area contributed by atoms with Gasteiger partial charge in [0.2, 0.25) is 5.91 Å². The standard InChI is InChI=1S/C16H22N4O2/c17-16(7-1-2-8-16)14(21)19-12-5-3-6-13(11-12)20-10-4-9-18-15(20)22/h3,5-6,11H,1-2,4,7-10,17H2,(H,18,22)(H,19,21). The van der Waals surface area contributed by atoms with Crippen molar-refractivity contribution in [3.05, 3.63) is 24.3 Å². The minimum Gasteiger partial charge on any atom is -0.338 e. The molecule has 0 aromatic heterocycles. The van der Waals surface area contributed by atoms with Gasteiger partial charge in [-0.25, -0.2) is 4.79 Å². The highest BCUT2D eigenvalue weighted by Crippen LogP contribution is 2.29. The maximum absolute atomic E-state index is 12.4. The van der Waals surface area contributed by atoms with Crippen LogP contribution in [-0.2, 0) is 4.79 Å². The Labute approximate surface area is 130 Å². The van der Waals surface area contributed by atoms with Gasteiger partial charge in [0.1, 0.15) is 0 Å². The number of nitrogens with one attached hydrogen (secondary N) is 2. The summed E-state index contributed by atoms with van der Waals surface area (Å²) in [4.78, 5) is 25.9. The summed E-state index contributed by atoms with van der Waals surface area (Å²) in [5, 5.41) is 5.72. The number of nitrogens with two attached hydrogens (primary N) is 1. The number of hydrogen-bond acceptors (Lipinski definition) is 3. The molecular formula is C16H22N4O2. The van der Waals surface area contributed by atoms with Crippen LogP contribution >= 0.6 is 0 Å². The van der Waals surface area contributed by atoms with Crippen LogP contribution in [0.15, 0.2) is 24.3 Å². The zero-order valence-corrected chi connectivity index (χ0v) is 12.6. The van der Waals surface area contributed by atoms with Crippen LogP contribution in [0.5, 0.6) is 0 Å². The Morgan fingerprint density at radius 2 is 2.05 bits per heavy atom. The molecule has 6 heteroatoms. The number of urea groups is 1. The molecule has 4 N–H and O–H groups in total. The lowest BCUT2D eigenvalue weighted by atomic mass is 9.98. The van der Waals surface area contributed by atoms with Gasteiger partial charge in [0.05, 0.1) is 5.54 Å². The van der Waals surface area contributed by atoms with Gasteiger partial charge < -0.3 is 16.4 Å². The molecule has 22 heavy (non-hydrogen) atoms. The van der Waals surface area contributed by atoms with Crippen molar-refractivity contribution in [1.29, 1.82) is 0 Å². The molecule has 0 radical (unpaired) electrons. The van der Waals surface area contributed by atoms with Gasteiger partial charge >= 0.3 is 6.03 Å². The van der Waals surface area contributed by atoms with Crippen molar-refractivity contribution in [2.75, 3.05) is 23.3 Å². The van der Waals surface area contributed by atoms with Crippen molar-refractivity contribution in [2.45, 2.75) is 37.6 Å². The fourth-order valence-corrected chi connectivity index (χ4v) is 3.12. The third-order valence-corrected chi connectivity index (χ3v) is 4.44. The van der Waals surface area contributed by atoms with Gasteiger partial charge in [-0.1, -0.05) is 18.9 Å². The maximum atomic E-state index is 12.4. The number of benzene rings is 1. The lowest BCUT2D eigenvalue weighted by molar-refractivity contribution is -0.121. The number of rotatable bonds is 3. The first-order valence-electron chi connectivity index (χ1n) is 7.84. The van der Waals surface area contributed by atoms with Gasteiger partial charge in [-0.2, -0.15) is 0 Å². The first-order chi connectivity index (χ1) is 10.6. The van der Waals surface area contributed by atoms with Crippen molar-refractivity contribution in [3.8, 4) is 0 Å². The molecule has 3 amide bonds. The first kappa shape index (κ1) is 14.8. The van der Waals surface area contributed by atoms with E-state index < -0.39 is 5.54 Å². The van der Waals surface area contributed by atoms with E-state index in [9.17, 15) is 9.59 Å². The smallest absolute Gasteiger partial charge is 0.321 e. The van der Waals surface area contributed by atoms with Crippen LogP contribution in [0.1, 0.15) is 32.1 Å². The Morgan fingerprint density at radius 3 is 2.77 bits per heavy atom. The number of anilines is 2. The molecule has 2 aliphatic rings. The molecule has 2 fully saturated rings. The second-order valence-corrected chi connectivity index (χ2v) is 6.10. The average Bonchev–Trinajstić information content (AvgIpc) is 2.96. The van der Waals surface area contributed by atoms with E-state index in [1.807, 2.05) is 24.3 Å². The molecule has 0 bridgehead atoms. The van der Waals surface area contributed by atoms with Gasteiger partial charge in [0, 0.05) is 24.5 Å². The number of nitrogens with zero attached hydrogens (tertiary/aromatic N) is 1. The molecule has 1 aromatic carbocycles. The van der Waals surface area contributed by atoms with Crippen LogP contribution in [0.25, 0.3) is 0 Å². The molecule has 0 spiro atoms. The second kappa shape index (κ2) is 5.96. The summed E-state index contributed by atoms with van der Waals surface area (Å²) in [6, 6.07) is 7.25. The lowest BCUT2D eigenvalue weighted by Crippen LogP contribution is -2.48. The maximum Gasteiger partial charge on any atom is 0.321 e. The van der Waals surface area contributed by atoms with Gasteiger partial charge in [-0.05, 0) is 37.5 Å². The number of amides is 3. The Bertz CT molecular complexity index is 581. The molecule has 6 nitrogen and oxygen atoms in total. The van der Waals surface area contributed by atoms with E-state index in [-0.39, 0.29) is 11.9 Å². The van der Waals surface area contributed by atoms with Gasteiger partial charge in [-0.3, -0.25) is 9.69 Å². The SMILES string of the molecule is NC1(C(=O)Nc2cccc(N3CCCNC3=O)c2)CCCC1. The minimum absolute atomic E-state index is 0.0965. The molecule has 1 aromatic rings. The molecule has 118 valence electrons. The summed E-state index contributed by atoms with van der Waals surface area (Å²) in [6.45, 7) is 1.39. The summed E-state index contributed by atoms with van der Waals surface area (Å²) in [7, 11) is 0. The molecule has 3 rings (SSSR count). The highest BCUT2D eigenvalue weighted by Gasteiger charge is 2.37. The average molecular weight is 302 g/mol. The first-order valence-corrected chi connectivity index (χ1v) is 7.84. The normalized spacial score (nSPS) is 20.6. The van der Waals surface area contributed by atoms with E-state index in [1.54, 1.807) is 4.90 Å². The molecular weight excluding hydrogens is 280 g/mol. The fraction of sp³-hybridized carbons (Fsp3) is 0.500. The topological polar surface area (TPSA) is 87.5 Å². The quantitative estimate of drug-likeness (QED) is 0.796. The van der Waals surface area contributed by atoms with Crippen LogP contribution in [0.2, 0.25) is 0 Å². The fourth-order valence-electron chi connectivity index (χ4n) is 3.12. The molecule has 1 saturated carbocycles. The van der Waals surface area contributed by atoms with Crippen LogP contribution in [0.4, 0.5) is 16.2 Å². The largest absolute Gasteiger partial charge is 0.338 e. The summed E-state index contributed by atoms with van der Waals surface area (Å²) in [5.41, 5.74) is 6.88. The van der Waals surface area contributed by atoms with Crippen LogP contribution in [0.3, 0.4) is 0 Å². The van der Waals surface area contributed by atoms with Crippen molar-refractivity contribution >= 4 is 23.3 Å². The number of carbonyl (C=O) groups is 2. The van der Waals surface area contributed by atoms with Crippen molar-refractivity contribution in [1.82, 2.24) is 5.32 Å². The predicted molar refractivity (Wildman–Crippen MR) is 85.8 cm³/mol. The van der Waals surface area contributed by atoms with E-state index >= 15 is 0 Å². The Balaban J connectivity index is 1.73. The Kier molecular flexibility index (Phi) is 4.02. The van der Waals surface area contributed by atoms with E-state index in [2.05, 4.69) is 10.6 Å². The Morgan fingerprint density at radius 1 is 1.27 bits per heavy atom. The third kappa shape index (κ3) is 2.92. The molecule has 1 aliphatic heterocycles. The van der Waals surface area contributed by atoms with E-state index in [1.165, 1.54) is 0 Å². The summed E-state index contributed by atoms with van der Waals surface area (Å²) in [5.74, 6) is -0.134. The van der Waals surface area contributed by atoms with Gasteiger partial charge in [0.15, 0.2) is 0 Å². The molecule has 0 atom stereocenters. The highest BCUT2D eigenvalue weighted by atomic mass is 16.2. The van der Waals surface area contributed by atoms with E-state index in [0.717, 1.165) is 37.8 Å². The summed E-state index contributed by atoms with van der Waals surface area (Å²) < 4.78 is 0. The zero-order valence-electron chi connectivity index (χ0n) is 12.6.